The summed E-state index contributed by atoms with van der Waals surface area (Å²) in [6.07, 6.45) is -0.839. The minimum atomic E-state index is -0.794. The molecular weight excluding hydrogens is 400 g/mol. The van der Waals surface area contributed by atoms with Crippen molar-refractivity contribution in [3.05, 3.63) is 108 Å². The van der Waals surface area contributed by atoms with E-state index in [9.17, 15) is 4.79 Å². The maximum atomic E-state index is 13.4. The number of ether oxygens (including phenoxy) is 2. The smallest absolute Gasteiger partial charge is 0.240 e. The number of amides is 1. The van der Waals surface area contributed by atoms with Gasteiger partial charge in [0.2, 0.25) is 5.91 Å². The predicted molar refractivity (Wildman–Crippen MR) is 125 cm³/mol. The molecule has 1 heterocycles. The van der Waals surface area contributed by atoms with Gasteiger partial charge < -0.3 is 14.8 Å². The van der Waals surface area contributed by atoms with E-state index in [1.165, 1.54) is 0 Å². The van der Waals surface area contributed by atoms with E-state index in [2.05, 4.69) is 10.6 Å². The Labute approximate surface area is 189 Å². The molecule has 0 unspecified atom stereocenters. The van der Waals surface area contributed by atoms with Crippen molar-refractivity contribution in [3.8, 4) is 0 Å². The summed E-state index contributed by atoms with van der Waals surface area (Å²) in [5.41, 5.74) is 3.14. The van der Waals surface area contributed by atoms with Gasteiger partial charge in [-0.2, -0.15) is 0 Å². The predicted octanol–water partition coefficient (Wildman–Crippen LogP) is 4.35. The summed E-state index contributed by atoms with van der Waals surface area (Å²) in [6, 6.07) is 29.3. The third-order valence-corrected chi connectivity index (χ3v) is 5.55. The van der Waals surface area contributed by atoms with Crippen LogP contribution in [0.15, 0.2) is 91.0 Å². The molecule has 0 aromatic heterocycles. The first-order valence-electron chi connectivity index (χ1n) is 11.0. The van der Waals surface area contributed by atoms with Crippen molar-refractivity contribution < 1.29 is 14.3 Å². The van der Waals surface area contributed by atoms with E-state index >= 15 is 0 Å². The second-order valence-electron chi connectivity index (χ2n) is 8.48. The molecule has 5 nitrogen and oxygen atoms in total. The Kier molecular flexibility index (Phi) is 7.00. The van der Waals surface area contributed by atoms with Gasteiger partial charge in [-0.1, -0.05) is 91.0 Å². The van der Waals surface area contributed by atoms with Crippen molar-refractivity contribution in [2.24, 2.45) is 0 Å². The maximum absolute atomic E-state index is 13.4. The summed E-state index contributed by atoms with van der Waals surface area (Å²) in [7, 11) is 0. The molecule has 4 rings (SSSR count). The Morgan fingerprint density at radius 2 is 1.34 bits per heavy atom. The lowest BCUT2D eigenvalue weighted by Gasteiger charge is -2.27. The number of hydrogen-bond acceptors (Lipinski definition) is 4. The Hall–Kier alpha value is -2.99. The third-order valence-electron chi connectivity index (χ3n) is 5.55. The van der Waals surface area contributed by atoms with Gasteiger partial charge in [0.15, 0.2) is 5.79 Å². The van der Waals surface area contributed by atoms with E-state index in [4.69, 9.17) is 9.47 Å². The number of rotatable bonds is 8. The molecule has 1 aliphatic heterocycles. The minimum Gasteiger partial charge on any atom is -0.351 e. The molecule has 0 saturated carbocycles. The molecule has 3 aromatic carbocycles. The first-order valence-corrected chi connectivity index (χ1v) is 11.0. The summed E-state index contributed by atoms with van der Waals surface area (Å²) >= 11 is 0. The van der Waals surface area contributed by atoms with Crippen LogP contribution >= 0.6 is 0 Å². The quantitative estimate of drug-likeness (QED) is 0.558. The van der Waals surface area contributed by atoms with Gasteiger partial charge in [0.25, 0.3) is 0 Å². The van der Waals surface area contributed by atoms with Crippen LogP contribution in [0.25, 0.3) is 0 Å². The van der Waals surface area contributed by atoms with E-state index < -0.39 is 17.9 Å². The second-order valence-corrected chi connectivity index (χ2v) is 8.48. The first kappa shape index (κ1) is 22.2. The van der Waals surface area contributed by atoms with Crippen molar-refractivity contribution in [1.29, 1.82) is 0 Å². The monoisotopic (exact) mass is 430 g/mol. The summed E-state index contributed by atoms with van der Waals surface area (Å²) in [6.45, 7) is 4.78. The van der Waals surface area contributed by atoms with Gasteiger partial charge >= 0.3 is 0 Å². The number of hydrogen-bond donors (Lipinski definition) is 2. The summed E-state index contributed by atoms with van der Waals surface area (Å²) in [5.74, 6) is -0.908. The van der Waals surface area contributed by atoms with E-state index in [-0.39, 0.29) is 12.0 Å². The fraction of sp³-hybridized carbons (Fsp3) is 0.296. The fourth-order valence-corrected chi connectivity index (χ4v) is 4.01. The molecule has 1 fully saturated rings. The minimum absolute atomic E-state index is 0.114. The van der Waals surface area contributed by atoms with Crippen molar-refractivity contribution in [2.45, 2.75) is 51.0 Å². The van der Waals surface area contributed by atoms with E-state index in [0.29, 0.717) is 13.1 Å². The number of nitrogens with one attached hydrogen (secondary N) is 2. The van der Waals surface area contributed by atoms with Crippen LogP contribution in [0, 0.1) is 0 Å². The van der Waals surface area contributed by atoms with Crippen LogP contribution in [-0.4, -0.2) is 23.8 Å². The standard InChI is InChI=1S/C27H30N2O3/c1-27(2)31-24(22-16-10-5-11-17-22)25(32-27)23(28-18-20-12-6-3-7-13-20)26(30)29-19-21-14-8-4-9-15-21/h3-17,23-25,28H,18-19H2,1-2H3,(H,29,30)/t23-,24-,25-/m0/s1. The molecule has 5 heteroatoms. The summed E-state index contributed by atoms with van der Waals surface area (Å²) in [4.78, 5) is 13.4. The Balaban J connectivity index is 1.56. The van der Waals surface area contributed by atoms with Gasteiger partial charge in [-0.3, -0.25) is 10.1 Å². The maximum Gasteiger partial charge on any atom is 0.240 e. The number of benzene rings is 3. The molecule has 0 bridgehead atoms. The Bertz CT molecular complexity index is 993. The highest BCUT2D eigenvalue weighted by Crippen LogP contribution is 2.39. The van der Waals surface area contributed by atoms with Gasteiger partial charge in [-0.25, -0.2) is 0 Å². The zero-order valence-corrected chi connectivity index (χ0v) is 18.5. The van der Waals surface area contributed by atoms with Crippen molar-refractivity contribution in [2.75, 3.05) is 0 Å². The van der Waals surface area contributed by atoms with Crippen LogP contribution in [0.1, 0.15) is 36.6 Å². The van der Waals surface area contributed by atoms with E-state index in [1.54, 1.807) is 0 Å². The highest BCUT2D eigenvalue weighted by Gasteiger charge is 2.47. The molecule has 0 aliphatic carbocycles. The van der Waals surface area contributed by atoms with Crippen LogP contribution < -0.4 is 10.6 Å². The highest BCUT2D eigenvalue weighted by molar-refractivity contribution is 5.82. The summed E-state index contributed by atoms with van der Waals surface area (Å²) in [5, 5.41) is 6.51. The topological polar surface area (TPSA) is 59.6 Å². The molecule has 32 heavy (non-hydrogen) atoms. The van der Waals surface area contributed by atoms with Gasteiger partial charge in [0.05, 0.1) is 0 Å². The van der Waals surface area contributed by atoms with Crippen molar-refractivity contribution in [1.82, 2.24) is 10.6 Å². The van der Waals surface area contributed by atoms with E-state index in [0.717, 1.165) is 16.7 Å². The van der Waals surface area contributed by atoms with Crippen LogP contribution in [0.3, 0.4) is 0 Å². The average molecular weight is 431 g/mol. The molecule has 166 valence electrons. The van der Waals surface area contributed by atoms with Crippen molar-refractivity contribution in [3.63, 3.8) is 0 Å². The molecule has 0 radical (unpaired) electrons. The molecule has 2 N–H and O–H groups in total. The summed E-state index contributed by atoms with van der Waals surface area (Å²) < 4.78 is 12.5. The third kappa shape index (κ3) is 5.62. The fourth-order valence-electron chi connectivity index (χ4n) is 4.01. The lowest BCUT2D eigenvalue weighted by Crippen LogP contribution is -2.52. The van der Waals surface area contributed by atoms with Crippen LogP contribution in [0.2, 0.25) is 0 Å². The first-order chi connectivity index (χ1) is 15.5. The van der Waals surface area contributed by atoms with Gasteiger partial charge in [-0.15, -0.1) is 0 Å². The molecular formula is C27H30N2O3. The normalized spacial score (nSPS) is 20.6. The lowest BCUT2D eigenvalue weighted by molar-refractivity contribution is -0.151. The molecule has 0 spiro atoms. The van der Waals surface area contributed by atoms with Crippen molar-refractivity contribution >= 4 is 5.91 Å². The molecule has 1 saturated heterocycles. The lowest BCUT2D eigenvalue weighted by atomic mass is 9.97. The highest BCUT2D eigenvalue weighted by atomic mass is 16.8. The molecule has 1 amide bonds. The van der Waals surface area contributed by atoms with Crippen LogP contribution in [0.5, 0.6) is 0 Å². The molecule has 3 atom stereocenters. The number of carbonyl (C=O) groups excluding carboxylic acids is 1. The van der Waals surface area contributed by atoms with Gasteiger partial charge in [0.1, 0.15) is 18.2 Å². The second kappa shape index (κ2) is 10.1. The average Bonchev–Trinajstić information content (AvgIpc) is 3.15. The number of carbonyl (C=O) groups is 1. The molecule has 3 aromatic rings. The van der Waals surface area contributed by atoms with Gasteiger partial charge in [-0.05, 0) is 30.5 Å². The molecule has 1 aliphatic rings. The zero-order chi connectivity index (χ0) is 22.4. The Morgan fingerprint density at radius 1 is 0.812 bits per heavy atom. The Morgan fingerprint density at radius 3 is 1.94 bits per heavy atom. The largest absolute Gasteiger partial charge is 0.351 e. The SMILES string of the molecule is CC1(C)O[C@@H]([C@H](NCc2ccccc2)C(=O)NCc2ccccc2)[C@H](c2ccccc2)O1. The zero-order valence-electron chi connectivity index (χ0n) is 18.5. The van der Waals surface area contributed by atoms with Crippen LogP contribution in [-0.2, 0) is 27.4 Å². The van der Waals surface area contributed by atoms with E-state index in [1.807, 2.05) is 105 Å². The van der Waals surface area contributed by atoms with Gasteiger partial charge in [0, 0.05) is 13.1 Å². The van der Waals surface area contributed by atoms with Crippen LogP contribution in [0.4, 0.5) is 0 Å².